The number of carbonyl (C=O) groups is 3. The molecule has 0 spiro atoms. The summed E-state index contributed by atoms with van der Waals surface area (Å²) in [6.45, 7) is 4.01. The molecule has 0 aliphatic heterocycles. The average Bonchev–Trinajstić information content (AvgIpc) is 3.60. The maximum absolute atomic E-state index is 13.6. The normalized spacial score (nSPS) is 13.2. The Morgan fingerprint density at radius 3 is 2.41 bits per heavy atom. The van der Waals surface area contributed by atoms with Gasteiger partial charge in [-0.15, -0.1) is 5.10 Å². The molecule has 0 saturated carbocycles. The monoisotopic (exact) mass is 524 g/mol. The highest BCUT2D eigenvalue weighted by Crippen LogP contribution is 2.32. The second-order valence-electron chi connectivity index (χ2n) is 9.56. The van der Waals surface area contributed by atoms with E-state index in [-0.39, 0.29) is 46.9 Å². The quantitative estimate of drug-likeness (QED) is 0.304. The van der Waals surface area contributed by atoms with Crippen molar-refractivity contribution in [1.29, 1.82) is 0 Å². The van der Waals surface area contributed by atoms with Crippen molar-refractivity contribution in [2.24, 2.45) is 0 Å². The predicted octanol–water partition coefficient (Wildman–Crippen LogP) is 4.68. The van der Waals surface area contributed by atoms with Gasteiger partial charge in [0.15, 0.2) is 5.82 Å². The minimum Gasteiger partial charge on any atom is -0.481 e. The van der Waals surface area contributed by atoms with E-state index in [4.69, 9.17) is 5.11 Å². The number of fused-ring (bicyclic) bond motifs is 1. The van der Waals surface area contributed by atoms with Crippen molar-refractivity contribution >= 4 is 17.5 Å². The Labute approximate surface area is 224 Å². The molecule has 2 aromatic carbocycles. The first-order valence-electron chi connectivity index (χ1n) is 12.9. The molecule has 2 N–H and O–H groups in total. The number of Topliss-reactive ketones (excluding diaryl/α,β-unsaturated/α-hetero) is 2. The van der Waals surface area contributed by atoms with Gasteiger partial charge < -0.3 is 9.67 Å². The second kappa shape index (κ2) is 10.9. The van der Waals surface area contributed by atoms with Gasteiger partial charge in [0.1, 0.15) is 17.2 Å². The summed E-state index contributed by atoms with van der Waals surface area (Å²) in [5.41, 5.74) is 4.71. The standard InChI is InChI=1S/C29H28N6O4/c1-3-4-9-23-30-25-26(28(39)20(14-15-24(36)37)17(2)27(25)38)35(23)16-18-10-12-19(13-11-18)21-7-5-6-8-22(21)29-31-33-34-32-29/h5-8,10-13H,3-4,9,14-16H2,1-2H3,(H,36,37)(H,31,32,33,34). The third-order valence-corrected chi connectivity index (χ3v) is 7.02. The van der Waals surface area contributed by atoms with Gasteiger partial charge in [-0.25, -0.2) is 10.1 Å². The van der Waals surface area contributed by atoms with Crippen LogP contribution in [0.25, 0.3) is 22.5 Å². The minimum atomic E-state index is -1.01. The first-order valence-corrected chi connectivity index (χ1v) is 12.9. The van der Waals surface area contributed by atoms with Crippen LogP contribution in [0, 0.1) is 0 Å². The summed E-state index contributed by atoms with van der Waals surface area (Å²) in [5.74, 6) is -0.381. The van der Waals surface area contributed by atoms with Gasteiger partial charge in [0.25, 0.3) is 0 Å². The Hall–Kier alpha value is -4.73. The molecule has 1 aliphatic carbocycles. The van der Waals surface area contributed by atoms with E-state index in [2.05, 4.69) is 32.5 Å². The molecule has 1 aliphatic rings. The Kier molecular flexibility index (Phi) is 7.27. The van der Waals surface area contributed by atoms with Gasteiger partial charge in [-0.1, -0.05) is 61.9 Å². The fourth-order valence-corrected chi connectivity index (χ4v) is 4.93. The fourth-order valence-electron chi connectivity index (χ4n) is 4.93. The maximum atomic E-state index is 13.6. The van der Waals surface area contributed by atoms with E-state index in [1.807, 2.05) is 53.1 Å². The van der Waals surface area contributed by atoms with Crippen LogP contribution < -0.4 is 0 Å². The van der Waals surface area contributed by atoms with Crippen LogP contribution in [0.15, 0.2) is 59.7 Å². The van der Waals surface area contributed by atoms with Crippen LogP contribution >= 0.6 is 0 Å². The number of carboxylic acids is 1. The van der Waals surface area contributed by atoms with E-state index in [9.17, 15) is 14.4 Å². The molecule has 198 valence electrons. The summed E-state index contributed by atoms with van der Waals surface area (Å²) >= 11 is 0. The SMILES string of the molecule is CCCCc1nc2c(n1Cc1ccc(-c3ccccc3-c3nnn[nH]3)cc1)C(=O)C(CCC(=O)O)=C(C)C2=O. The number of aliphatic carboxylic acids is 1. The molecule has 5 rings (SSSR count). The molecule has 10 heteroatoms. The number of aromatic nitrogens is 6. The first-order chi connectivity index (χ1) is 18.9. The number of aromatic amines is 1. The number of rotatable bonds is 10. The summed E-state index contributed by atoms with van der Waals surface area (Å²) in [5, 5.41) is 23.4. The van der Waals surface area contributed by atoms with Gasteiger partial charge in [0.05, 0.1) is 0 Å². The topological polar surface area (TPSA) is 144 Å². The number of aryl methyl sites for hydroxylation is 1. The average molecular weight is 525 g/mol. The molecule has 0 unspecified atom stereocenters. The van der Waals surface area contributed by atoms with Crippen LogP contribution in [0.4, 0.5) is 0 Å². The highest BCUT2D eigenvalue weighted by atomic mass is 16.4. The summed E-state index contributed by atoms with van der Waals surface area (Å²) < 4.78 is 1.83. The van der Waals surface area contributed by atoms with Crippen molar-refractivity contribution < 1.29 is 19.5 Å². The number of imidazole rings is 1. The van der Waals surface area contributed by atoms with Gasteiger partial charge >= 0.3 is 5.97 Å². The van der Waals surface area contributed by atoms with Gasteiger partial charge in [0.2, 0.25) is 11.6 Å². The van der Waals surface area contributed by atoms with Gasteiger partial charge in [-0.2, -0.15) is 0 Å². The number of nitrogens with zero attached hydrogens (tertiary/aromatic N) is 5. The van der Waals surface area contributed by atoms with Crippen molar-refractivity contribution in [3.63, 3.8) is 0 Å². The molecule has 39 heavy (non-hydrogen) atoms. The molecule has 0 atom stereocenters. The summed E-state index contributed by atoms with van der Waals surface area (Å²) in [4.78, 5) is 42.6. The van der Waals surface area contributed by atoms with Crippen LogP contribution in [0.1, 0.15) is 71.9 Å². The molecule has 10 nitrogen and oxygen atoms in total. The van der Waals surface area contributed by atoms with Crippen LogP contribution in [0.2, 0.25) is 0 Å². The number of H-pyrrole nitrogens is 1. The molecular weight excluding hydrogens is 496 g/mol. The molecule has 0 amide bonds. The van der Waals surface area contributed by atoms with E-state index in [0.717, 1.165) is 35.1 Å². The van der Waals surface area contributed by atoms with Crippen molar-refractivity contribution in [3.05, 3.63) is 82.5 Å². The Balaban J connectivity index is 1.49. The molecule has 4 aromatic rings. The lowest BCUT2D eigenvalue weighted by molar-refractivity contribution is -0.136. The van der Waals surface area contributed by atoms with E-state index < -0.39 is 5.97 Å². The van der Waals surface area contributed by atoms with E-state index in [0.29, 0.717) is 24.6 Å². The molecule has 2 heterocycles. The zero-order chi connectivity index (χ0) is 27.5. The summed E-state index contributed by atoms with van der Waals surface area (Å²) in [6.07, 6.45) is 2.22. The number of carbonyl (C=O) groups excluding carboxylic acids is 2. The van der Waals surface area contributed by atoms with Crippen molar-refractivity contribution in [3.8, 4) is 22.5 Å². The maximum Gasteiger partial charge on any atom is 0.303 e. The van der Waals surface area contributed by atoms with Crippen molar-refractivity contribution in [2.45, 2.75) is 52.5 Å². The fraction of sp³-hybridized carbons (Fsp3) is 0.276. The molecular formula is C29H28N6O4. The Morgan fingerprint density at radius 1 is 1.00 bits per heavy atom. The lowest BCUT2D eigenvalue weighted by Crippen LogP contribution is -2.24. The lowest BCUT2D eigenvalue weighted by atomic mass is 9.88. The van der Waals surface area contributed by atoms with E-state index in [1.54, 1.807) is 6.92 Å². The summed E-state index contributed by atoms with van der Waals surface area (Å²) in [7, 11) is 0. The number of ketones is 2. The first kappa shape index (κ1) is 25.9. The highest BCUT2D eigenvalue weighted by molar-refractivity contribution is 6.25. The van der Waals surface area contributed by atoms with Crippen molar-refractivity contribution in [1.82, 2.24) is 30.2 Å². The zero-order valence-corrected chi connectivity index (χ0v) is 21.8. The smallest absolute Gasteiger partial charge is 0.303 e. The third kappa shape index (κ3) is 5.05. The number of tetrazole rings is 1. The van der Waals surface area contributed by atoms with E-state index in [1.165, 1.54) is 0 Å². The number of hydrogen-bond acceptors (Lipinski definition) is 7. The van der Waals surface area contributed by atoms with Gasteiger partial charge in [0, 0.05) is 36.1 Å². The Bertz CT molecular complexity index is 1580. The molecule has 2 aromatic heterocycles. The molecule has 0 bridgehead atoms. The number of benzene rings is 2. The second-order valence-corrected chi connectivity index (χ2v) is 9.56. The highest BCUT2D eigenvalue weighted by Gasteiger charge is 2.36. The third-order valence-electron chi connectivity index (χ3n) is 7.02. The van der Waals surface area contributed by atoms with Crippen LogP contribution in [0.3, 0.4) is 0 Å². The minimum absolute atomic E-state index is 0.00939. The number of hydrogen-bond donors (Lipinski definition) is 2. The van der Waals surface area contributed by atoms with Crippen LogP contribution in [-0.2, 0) is 17.8 Å². The van der Waals surface area contributed by atoms with Gasteiger partial charge in [-0.05, 0) is 46.9 Å². The molecule has 0 saturated heterocycles. The Morgan fingerprint density at radius 2 is 1.74 bits per heavy atom. The number of carboxylic acid groups (broad SMARTS) is 1. The summed E-state index contributed by atoms with van der Waals surface area (Å²) in [6, 6.07) is 15.8. The van der Waals surface area contributed by atoms with E-state index >= 15 is 0 Å². The van der Waals surface area contributed by atoms with Crippen LogP contribution in [0.5, 0.6) is 0 Å². The number of nitrogens with one attached hydrogen (secondary N) is 1. The predicted molar refractivity (Wildman–Crippen MR) is 143 cm³/mol. The lowest BCUT2D eigenvalue weighted by Gasteiger charge is -2.18. The number of allylic oxidation sites excluding steroid dienone is 2. The largest absolute Gasteiger partial charge is 0.481 e. The number of unbranched alkanes of at least 4 members (excludes halogenated alkanes) is 1. The van der Waals surface area contributed by atoms with Crippen molar-refractivity contribution in [2.75, 3.05) is 0 Å². The van der Waals surface area contributed by atoms with Crippen LogP contribution in [-0.4, -0.2) is 52.8 Å². The molecule has 0 fully saturated rings. The molecule has 0 radical (unpaired) electrons. The van der Waals surface area contributed by atoms with Gasteiger partial charge in [-0.3, -0.25) is 14.4 Å². The zero-order valence-electron chi connectivity index (χ0n) is 21.8.